The molecule has 0 bridgehead atoms. The third-order valence-corrected chi connectivity index (χ3v) is 3.59. The standard InChI is InChI=1S/C15H19N3S/c1-4-10-19-15-17-16-14(18(15)11-12(2)3)13-8-6-5-7-9-13/h4-9,12H,1,10-11H2,2-3H3. The van der Waals surface area contributed by atoms with Gasteiger partial charge in [-0.05, 0) is 5.92 Å². The molecule has 0 aliphatic carbocycles. The summed E-state index contributed by atoms with van der Waals surface area (Å²) in [5.41, 5.74) is 1.11. The molecule has 0 saturated carbocycles. The molecule has 3 nitrogen and oxygen atoms in total. The molecule has 4 heteroatoms. The highest BCUT2D eigenvalue weighted by Crippen LogP contribution is 2.24. The molecule has 1 heterocycles. The zero-order chi connectivity index (χ0) is 13.7. The maximum atomic E-state index is 4.35. The van der Waals surface area contributed by atoms with Crippen LogP contribution in [0.15, 0.2) is 48.1 Å². The van der Waals surface area contributed by atoms with Crippen LogP contribution in [0.4, 0.5) is 0 Å². The molecule has 100 valence electrons. The third-order valence-electron chi connectivity index (χ3n) is 2.63. The Kier molecular flexibility index (Phi) is 4.80. The van der Waals surface area contributed by atoms with Crippen LogP contribution < -0.4 is 0 Å². The number of benzene rings is 1. The van der Waals surface area contributed by atoms with E-state index in [9.17, 15) is 0 Å². The van der Waals surface area contributed by atoms with Crippen molar-refractivity contribution in [2.75, 3.05) is 5.75 Å². The van der Waals surface area contributed by atoms with Gasteiger partial charge in [0.1, 0.15) is 0 Å². The Labute approximate surface area is 118 Å². The Morgan fingerprint density at radius 1 is 1.26 bits per heavy atom. The average Bonchev–Trinajstić information content (AvgIpc) is 2.79. The zero-order valence-electron chi connectivity index (χ0n) is 11.4. The first-order valence-corrected chi connectivity index (χ1v) is 7.43. The van der Waals surface area contributed by atoms with Crippen molar-refractivity contribution in [1.82, 2.24) is 14.8 Å². The van der Waals surface area contributed by atoms with Crippen molar-refractivity contribution in [2.45, 2.75) is 25.5 Å². The SMILES string of the molecule is C=CCSc1nnc(-c2ccccc2)n1CC(C)C. The largest absolute Gasteiger partial charge is 0.302 e. The van der Waals surface area contributed by atoms with Crippen molar-refractivity contribution in [2.24, 2.45) is 5.92 Å². The van der Waals surface area contributed by atoms with E-state index in [4.69, 9.17) is 0 Å². The summed E-state index contributed by atoms with van der Waals surface area (Å²) in [6.45, 7) is 9.09. The van der Waals surface area contributed by atoms with E-state index in [0.29, 0.717) is 5.92 Å². The third kappa shape index (κ3) is 3.47. The van der Waals surface area contributed by atoms with Crippen molar-refractivity contribution >= 4 is 11.8 Å². The van der Waals surface area contributed by atoms with Gasteiger partial charge >= 0.3 is 0 Å². The van der Waals surface area contributed by atoms with E-state index in [1.807, 2.05) is 24.3 Å². The summed E-state index contributed by atoms with van der Waals surface area (Å²) >= 11 is 1.68. The quantitative estimate of drug-likeness (QED) is 0.591. The van der Waals surface area contributed by atoms with Gasteiger partial charge in [0.05, 0.1) is 0 Å². The van der Waals surface area contributed by atoms with E-state index in [1.165, 1.54) is 0 Å². The van der Waals surface area contributed by atoms with Gasteiger partial charge < -0.3 is 4.57 Å². The first-order valence-electron chi connectivity index (χ1n) is 6.44. The molecule has 0 saturated heterocycles. The van der Waals surface area contributed by atoms with Crippen LogP contribution in [-0.2, 0) is 6.54 Å². The van der Waals surface area contributed by atoms with Crippen LogP contribution in [0, 0.1) is 5.92 Å². The summed E-state index contributed by atoms with van der Waals surface area (Å²) in [5.74, 6) is 2.35. The second-order valence-electron chi connectivity index (χ2n) is 4.78. The van der Waals surface area contributed by atoms with E-state index in [-0.39, 0.29) is 0 Å². The number of nitrogens with zero attached hydrogens (tertiary/aromatic N) is 3. The van der Waals surface area contributed by atoms with Gasteiger partial charge in [0.2, 0.25) is 0 Å². The molecule has 0 radical (unpaired) electrons. The Morgan fingerprint density at radius 2 is 2.00 bits per heavy atom. The molecule has 0 spiro atoms. The fourth-order valence-corrected chi connectivity index (χ4v) is 2.54. The lowest BCUT2D eigenvalue weighted by Gasteiger charge is -2.12. The first kappa shape index (κ1) is 13.9. The van der Waals surface area contributed by atoms with Gasteiger partial charge in [-0.25, -0.2) is 0 Å². The van der Waals surface area contributed by atoms with Crippen LogP contribution in [-0.4, -0.2) is 20.5 Å². The predicted octanol–water partition coefficient (Wildman–Crippen LogP) is 3.88. The molecule has 0 aliphatic rings. The lowest BCUT2D eigenvalue weighted by Crippen LogP contribution is -2.07. The maximum Gasteiger partial charge on any atom is 0.191 e. The summed E-state index contributed by atoms with van der Waals surface area (Å²) < 4.78 is 2.20. The minimum Gasteiger partial charge on any atom is -0.302 e. The molecular formula is C15H19N3S. The van der Waals surface area contributed by atoms with Crippen molar-refractivity contribution in [1.29, 1.82) is 0 Å². The molecule has 1 aromatic heterocycles. The van der Waals surface area contributed by atoms with Crippen molar-refractivity contribution in [3.05, 3.63) is 43.0 Å². The fraction of sp³-hybridized carbons (Fsp3) is 0.333. The molecule has 2 aromatic rings. The summed E-state index contributed by atoms with van der Waals surface area (Å²) in [4.78, 5) is 0. The molecule has 2 rings (SSSR count). The van der Waals surface area contributed by atoms with Crippen LogP contribution in [0.3, 0.4) is 0 Å². The van der Waals surface area contributed by atoms with Crippen molar-refractivity contribution in [3.63, 3.8) is 0 Å². The topological polar surface area (TPSA) is 30.7 Å². The van der Waals surface area contributed by atoms with Crippen molar-refractivity contribution < 1.29 is 0 Å². The van der Waals surface area contributed by atoms with Crippen LogP contribution in [0.5, 0.6) is 0 Å². The van der Waals surface area contributed by atoms with Gasteiger partial charge in [-0.1, -0.05) is 62.0 Å². The molecule has 0 atom stereocenters. The summed E-state index contributed by atoms with van der Waals surface area (Å²) in [7, 11) is 0. The second kappa shape index (κ2) is 6.57. The number of hydrogen-bond acceptors (Lipinski definition) is 3. The number of hydrogen-bond donors (Lipinski definition) is 0. The summed E-state index contributed by atoms with van der Waals surface area (Å²) in [5, 5.41) is 9.63. The van der Waals surface area contributed by atoms with Gasteiger partial charge in [0.25, 0.3) is 0 Å². The van der Waals surface area contributed by atoms with Crippen LogP contribution in [0.1, 0.15) is 13.8 Å². The minimum atomic E-state index is 0.557. The summed E-state index contributed by atoms with van der Waals surface area (Å²) in [6.07, 6.45) is 1.89. The highest BCUT2D eigenvalue weighted by atomic mass is 32.2. The maximum absolute atomic E-state index is 4.35. The number of rotatable bonds is 6. The molecule has 0 unspecified atom stereocenters. The first-order chi connectivity index (χ1) is 9.22. The molecule has 1 aromatic carbocycles. The van der Waals surface area contributed by atoms with Crippen LogP contribution in [0.25, 0.3) is 11.4 Å². The lowest BCUT2D eigenvalue weighted by atomic mass is 10.2. The minimum absolute atomic E-state index is 0.557. The second-order valence-corrected chi connectivity index (χ2v) is 5.76. The normalized spacial score (nSPS) is 10.9. The Hall–Kier alpha value is -1.55. The lowest BCUT2D eigenvalue weighted by molar-refractivity contribution is 0.498. The Morgan fingerprint density at radius 3 is 2.63 bits per heavy atom. The van der Waals surface area contributed by atoms with Gasteiger partial charge in [-0.2, -0.15) is 0 Å². The smallest absolute Gasteiger partial charge is 0.191 e. The number of thioether (sulfide) groups is 1. The molecule has 19 heavy (non-hydrogen) atoms. The van der Waals surface area contributed by atoms with E-state index >= 15 is 0 Å². The number of aromatic nitrogens is 3. The Bertz CT molecular complexity index is 532. The van der Waals surface area contributed by atoms with Crippen molar-refractivity contribution in [3.8, 4) is 11.4 Å². The van der Waals surface area contributed by atoms with Gasteiger partial charge in [0, 0.05) is 17.9 Å². The van der Waals surface area contributed by atoms with Crippen LogP contribution >= 0.6 is 11.8 Å². The summed E-state index contributed by atoms with van der Waals surface area (Å²) in [6, 6.07) is 10.2. The molecular weight excluding hydrogens is 254 g/mol. The predicted molar refractivity (Wildman–Crippen MR) is 81.2 cm³/mol. The van der Waals surface area contributed by atoms with E-state index in [1.54, 1.807) is 11.8 Å². The van der Waals surface area contributed by atoms with Gasteiger partial charge in [-0.15, -0.1) is 16.8 Å². The highest BCUT2D eigenvalue weighted by Gasteiger charge is 2.14. The molecule has 0 aliphatic heterocycles. The zero-order valence-corrected chi connectivity index (χ0v) is 12.2. The van der Waals surface area contributed by atoms with E-state index in [0.717, 1.165) is 28.8 Å². The van der Waals surface area contributed by atoms with Gasteiger partial charge in [-0.3, -0.25) is 0 Å². The van der Waals surface area contributed by atoms with E-state index in [2.05, 4.69) is 47.3 Å². The van der Waals surface area contributed by atoms with Gasteiger partial charge in [0.15, 0.2) is 11.0 Å². The Balaban J connectivity index is 2.37. The monoisotopic (exact) mass is 273 g/mol. The van der Waals surface area contributed by atoms with Crippen LogP contribution in [0.2, 0.25) is 0 Å². The fourth-order valence-electron chi connectivity index (χ4n) is 1.86. The average molecular weight is 273 g/mol. The molecule has 0 amide bonds. The molecule has 0 N–H and O–H groups in total. The molecule has 0 fully saturated rings. The highest BCUT2D eigenvalue weighted by molar-refractivity contribution is 7.99. The van der Waals surface area contributed by atoms with E-state index < -0.39 is 0 Å².